The molecule has 1 aliphatic rings. The average molecular weight is 538 g/mol. The lowest BCUT2D eigenvalue weighted by Crippen LogP contribution is -2.45. The molecule has 1 atom stereocenters. The van der Waals surface area contributed by atoms with Crippen LogP contribution in [0.1, 0.15) is 0 Å². The number of para-hydroxylation sites is 2. The summed E-state index contributed by atoms with van der Waals surface area (Å²) in [5, 5.41) is 20.5. The first-order valence-electron chi connectivity index (χ1n) is 8.73. The van der Waals surface area contributed by atoms with Gasteiger partial charge in [-0.15, -0.1) is 10.2 Å². The van der Waals surface area contributed by atoms with Crippen molar-refractivity contribution in [3.05, 3.63) is 45.3 Å². The van der Waals surface area contributed by atoms with Crippen molar-refractivity contribution in [3.8, 4) is 17.4 Å². The summed E-state index contributed by atoms with van der Waals surface area (Å²) in [6.45, 7) is -0.341. The maximum Gasteiger partial charge on any atom is 0.283 e. The van der Waals surface area contributed by atoms with Gasteiger partial charge in [-0.3, -0.25) is 9.59 Å². The zero-order chi connectivity index (χ0) is 21.3. The normalized spacial score (nSPS) is 15.5. The highest BCUT2D eigenvalue weighted by molar-refractivity contribution is 9.11. The quantitative estimate of drug-likeness (QED) is 0.434. The maximum absolute atomic E-state index is 12.3. The lowest BCUT2D eigenvalue weighted by molar-refractivity contribution is -0.132. The first-order valence-corrected chi connectivity index (χ1v) is 10.3. The predicted molar refractivity (Wildman–Crippen MR) is 114 cm³/mol. The molecule has 2 aromatic carbocycles. The van der Waals surface area contributed by atoms with Crippen LogP contribution in [0.25, 0.3) is 10.9 Å². The van der Waals surface area contributed by atoms with Crippen molar-refractivity contribution >= 4 is 60.3 Å². The van der Waals surface area contributed by atoms with Gasteiger partial charge < -0.3 is 24.9 Å². The molecule has 2 amide bonds. The first kappa shape index (κ1) is 20.4. The highest BCUT2D eigenvalue weighted by Crippen LogP contribution is 2.40. The van der Waals surface area contributed by atoms with Crippen molar-refractivity contribution in [2.24, 2.45) is 10.2 Å². The Labute approximate surface area is 186 Å². The predicted octanol–water partition coefficient (Wildman–Crippen LogP) is 3.97. The molecule has 0 unspecified atom stereocenters. The minimum Gasteiger partial charge on any atom is -0.493 e. The van der Waals surface area contributed by atoms with Gasteiger partial charge in [-0.1, -0.05) is 28.1 Å². The van der Waals surface area contributed by atoms with Gasteiger partial charge in [0, 0.05) is 14.3 Å². The number of nitrogens with one attached hydrogen (secondary N) is 2. The Bertz CT molecular complexity index is 1180. The van der Waals surface area contributed by atoms with E-state index in [-0.39, 0.29) is 24.7 Å². The minimum absolute atomic E-state index is 0.0333. The zero-order valence-electron chi connectivity index (χ0n) is 15.2. The van der Waals surface area contributed by atoms with Gasteiger partial charge in [-0.05, 0) is 40.2 Å². The molecule has 0 radical (unpaired) electrons. The van der Waals surface area contributed by atoms with E-state index in [1.54, 1.807) is 36.4 Å². The van der Waals surface area contributed by atoms with Crippen LogP contribution >= 0.6 is 31.9 Å². The van der Waals surface area contributed by atoms with E-state index in [4.69, 9.17) is 9.47 Å². The Morgan fingerprint density at radius 2 is 2.00 bits per heavy atom. The number of azo groups is 1. The van der Waals surface area contributed by atoms with Crippen LogP contribution in [0.15, 0.2) is 55.6 Å². The Kier molecular flexibility index (Phi) is 5.73. The van der Waals surface area contributed by atoms with Crippen molar-refractivity contribution < 1.29 is 24.2 Å². The van der Waals surface area contributed by atoms with Crippen LogP contribution in [0.5, 0.6) is 17.4 Å². The topological polar surface area (TPSA) is 125 Å². The van der Waals surface area contributed by atoms with Gasteiger partial charge in [-0.2, -0.15) is 0 Å². The summed E-state index contributed by atoms with van der Waals surface area (Å²) in [6.07, 6.45) is -0.878. The third-order valence-electron chi connectivity index (χ3n) is 4.25. The number of aromatic hydroxyl groups is 1. The van der Waals surface area contributed by atoms with E-state index in [2.05, 4.69) is 52.4 Å². The van der Waals surface area contributed by atoms with Crippen LogP contribution in [0.2, 0.25) is 0 Å². The van der Waals surface area contributed by atoms with Gasteiger partial charge in [-0.25, -0.2) is 0 Å². The molecule has 0 spiro atoms. The molecule has 11 heteroatoms. The molecule has 154 valence electrons. The number of halogens is 2. The summed E-state index contributed by atoms with van der Waals surface area (Å²) in [7, 11) is 0. The summed E-state index contributed by atoms with van der Waals surface area (Å²) in [4.78, 5) is 27.1. The van der Waals surface area contributed by atoms with E-state index in [0.29, 0.717) is 26.9 Å². The number of carbonyl (C=O) groups excluding carboxylic acids is 2. The summed E-state index contributed by atoms with van der Waals surface area (Å²) >= 11 is 6.74. The largest absolute Gasteiger partial charge is 0.493 e. The van der Waals surface area contributed by atoms with Gasteiger partial charge in [0.15, 0.2) is 17.2 Å². The molecule has 3 N–H and O–H groups in total. The highest BCUT2D eigenvalue weighted by atomic mass is 79.9. The molecule has 1 aliphatic heterocycles. The number of benzene rings is 2. The molecule has 2 heterocycles. The molecule has 30 heavy (non-hydrogen) atoms. The molecule has 0 saturated heterocycles. The lowest BCUT2D eigenvalue weighted by Gasteiger charge is -2.25. The molecule has 0 saturated carbocycles. The van der Waals surface area contributed by atoms with Crippen molar-refractivity contribution in [1.29, 1.82) is 0 Å². The number of ether oxygens (including phenoxy) is 2. The lowest BCUT2D eigenvalue weighted by atomic mass is 10.2. The number of aromatic amines is 1. The Balaban J connectivity index is 1.39. The Morgan fingerprint density at radius 3 is 2.80 bits per heavy atom. The fraction of sp³-hybridized carbons (Fsp3) is 0.158. The number of aromatic nitrogens is 1. The average Bonchev–Trinajstić information content (AvgIpc) is 3.05. The second-order valence-corrected chi connectivity index (χ2v) is 8.08. The Morgan fingerprint density at radius 1 is 1.23 bits per heavy atom. The third-order valence-corrected chi connectivity index (χ3v) is 5.34. The van der Waals surface area contributed by atoms with Gasteiger partial charge in [0.1, 0.15) is 13.2 Å². The van der Waals surface area contributed by atoms with Crippen LogP contribution in [0.4, 0.5) is 5.69 Å². The molecule has 4 rings (SSSR count). The molecule has 0 fully saturated rings. The first-order chi connectivity index (χ1) is 14.4. The van der Waals surface area contributed by atoms with Crippen LogP contribution in [0, 0.1) is 0 Å². The molecule has 3 aromatic rings. The number of hydrogen-bond acceptors (Lipinski definition) is 6. The number of carbonyl (C=O) groups is 2. The van der Waals surface area contributed by atoms with Crippen molar-refractivity contribution in [2.75, 3.05) is 13.2 Å². The molecular weight excluding hydrogens is 524 g/mol. The number of H-pyrrole nitrogens is 1. The van der Waals surface area contributed by atoms with E-state index < -0.39 is 17.9 Å². The number of nitrogens with zero attached hydrogens (tertiary/aromatic N) is 2. The molecule has 0 aliphatic carbocycles. The smallest absolute Gasteiger partial charge is 0.283 e. The standard InChI is InChI=1S/C19H14Br2N4O5/c20-9-5-10-16(11(21)6-9)23-19(28)17(10)25-24-15(26)7-22-18(27)14-8-29-12-3-1-2-4-13(12)30-14/h1-6,14,23,28H,7-8H2,(H,22,27)/t14-/m1/s1. The monoisotopic (exact) mass is 536 g/mol. The van der Waals surface area contributed by atoms with E-state index in [1.165, 1.54) is 0 Å². The molecular formula is C19H14Br2N4O5. The summed E-state index contributed by atoms with van der Waals surface area (Å²) in [6, 6.07) is 10.5. The van der Waals surface area contributed by atoms with Gasteiger partial charge in [0.2, 0.25) is 12.0 Å². The van der Waals surface area contributed by atoms with E-state index >= 15 is 0 Å². The maximum atomic E-state index is 12.3. The van der Waals surface area contributed by atoms with E-state index in [1.807, 2.05) is 0 Å². The third kappa shape index (κ3) is 4.17. The fourth-order valence-corrected chi connectivity index (χ4v) is 4.18. The van der Waals surface area contributed by atoms with Crippen LogP contribution in [-0.2, 0) is 9.59 Å². The van der Waals surface area contributed by atoms with Crippen LogP contribution in [0.3, 0.4) is 0 Å². The van der Waals surface area contributed by atoms with Crippen molar-refractivity contribution in [2.45, 2.75) is 6.10 Å². The summed E-state index contributed by atoms with van der Waals surface area (Å²) in [5.41, 5.74) is 0.729. The van der Waals surface area contributed by atoms with Crippen LogP contribution in [-0.4, -0.2) is 41.2 Å². The summed E-state index contributed by atoms with van der Waals surface area (Å²) in [5.74, 6) is -0.403. The molecule has 9 nitrogen and oxygen atoms in total. The molecule has 1 aromatic heterocycles. The van der Waals surface area contributed by atoms with Gasteiger partial charge in [0.05, 0.1) is 5.52 Å². The molecule has 0 bridgehead atoms. The van der Waals surface area contributed by atoms with Crippen LogP contribution < -0.4 is 14.8 Å². The van der Waals surface area contributed by atoms with Crippen molar-refractivity contribution in [1.82, 2.24) is 10.3 Å². The number of rotatable bonds is 4. The van der Waals surface area contributed by atoms with Gasteiger partial charge in [0.25, 0.3) is 11.8 Å². The van der Waals surface area contributed by atoms with E-state index in [0.717, 1.165) is 4.47 Å². The summed E-state index contributed by atoms with van der Waals surface area (Å²) < 4.78 is 12.5. The van der Waals surface area contributed by atoms with Gasteiger partial charge >= 0.3 is 0 Å². The number of amides is 2. The van der Waals surface area contributed by atoms with Crippen molar-refractivity contribution in [3.63, 3.8) is 0 Å². The highest BCUT2D eigenvalue weighted by Gasteiger charge is 2.27. The number of fused-ring (bicyclic) bond motifs is 2. The number of hydrogen-bond donors (Lipinski definition) is 3. The fourth-order valence-electron chi connectivity index (χ4n) is 2.86. The van der Waals surface area contributed by atoms with E-state index in [9.17, 15) is 14.7 Å². The zero-order valence-corrected chi connectivity index (χ0v) is 18.4. The minimum atomic E-state index is -0.878. The second-order valence-electron chi connectivity index (χ2n) is 6.31. The SMILES string of the molecule is O=C(CNC(=O)[C@H]1COc2ccccc2O1)N=Nc1c(O)[nH]c2c(Br)cc(Br)cc12. The second kappa shape index (κ2) is 8.44. The Hall–Kier alpha value is -2.92.